The molecule has 0 bridgehead atoms. The molecule has 2 atom stereocenters. The maximum atomic E-state index is 13.4. The molecule has 2 aromatic carbocycles. The van der Waals surface area contributed by atoms with Gasteiger partial charge in [0.25, 0.3) is 10.0 Å². The molecule has 1 heterocycles. The summed E-state index contributed by atoms with van der Waals surface area (Å²) in [5, 5.41) is 9.74. The monoisotopic (exact) mass is 381 g/mol. The second kappa shape index (κ2) is 7.45. The molecule has 0 fully saturated rings. The van der Waals surface area contributed by atoms with Gasteiger partial charge >= 0.3 is 0 Å². The molecule has 6 heteroatoms. The number of aryl methyl sites for hydroxylation is 1. The summed E-state index contributed by atoms with van der Waals surface area (Å²) in [5.41, 5.74) is 8.43. The van der Waals surface area contributed by atoms with Crippen molar-refractivity contribution < 1.29 is 8.42 Å². The van der Waals surface area contributed by atoms with Crippen LogP contribution < -0.4 is 5.73 Å². The third kappa shape index (κ3) is 3.31. The molecule has 1 aliphatic rings. The summed E-state index contributed by atoms with van der Waals surface area (Å²) in [6.07, 6.45) is 1.39. The Balaban J connectivity index is 2.15. The predicted octanol–water partition coefficient (Wildman–Crippen LogP) is 3.65. The molecule has 0 saturated carbocycles. The fraction of sp³-hybridized carbons (Fsp3) is 0.286. The number of nitriles is 1. The normalized spacial score (nSPS) is 20.0. The van der Waals surface area contributed by atoms with E-state index in [1.807, 2.05) is 44.2 Å². The average Bonchev–Trinajstić information content (AvgIpc) is 2.95. The Labute approximate surface area is 160 Å². The predicted molar refractivity (Wildman–Crippen MR) is 105 cm³/mol. The Morgan fingerprint density at radius 1 is 1.11 bits per heavy atom. The molecular weight excluding hydrogens is 358 g/mol. The van der Waals surface area contributed by atoms with Gasteiger partial charge in [-0.15, -0.1) is 0 Å². The van der Waals surface area contributed by atoms with Gasteiger partial charge in [-0.2, -0.15) is 5.26 Å². The van der Waals surface area contributed by atoms with Crippen LogP contribution >= 0.6 is 0 Å². The van der Waals surface area contributed by atoms with E-state index in [0.29, 0.717) is 12.0 Å². The first-order chi connectivity index (χ1) is 12.9. The molecular formula is C21H23N3O2S. The minimum absolute atomic E-state index is 0.0328. The summed E-state index contributed by atoms with van der Waals surface area (Å²) in [7, 11) is -3.86. The maximum absolute atomic E-state index is 13.4. The summed E-state index contributed by atoms with van der Waals surface area (Å²) in [5.74, 6) is -0.332. The van der Waals surface area contributed by atoms with Crippen molar-refractivity contribution in [3.63, 3.8) is 0 Å². The average molecular weight is 382 g/mol. The molecule has 27 heavy (non-hydrogen) atoms. The Kier molecular flexibility index (Phi) is 5.24. The van der Waals surface area contributed by atoms with E-state index in [4.69, 9.17) is 5.73 Å². The van der Waals surface area contributed by atoms with Gasteiger partial charge in [-0.25, -0.2) is 12.7 Å². The van der Waals surface area contributed by atoms with E-state index in [0.717, 1.165) is 17.5 Å². The van der Waals surface area contributed by atoms with Gasteiger partial charge in [0, 0.05) is 5.92 Å². The second-order valence-electron chi connectivity index (χ2n) is 6.77. The molecule has 0 aliphatic carbocycles. The molecule has 2 aromatic rings. The minimum atomic E-state index is -3.86. The lowest BCUT2D eigenvalue weighted by Gasteiger charge is -2.30. The molecule has 0 unspecified atom stereocenters. The van der Waals surface area contributed by atoms with Gasteiger partial charge in [-0.1, -0.05) is 61.4 Å². The summed E-state index contributed by atoms with van der Waals surface area (Å²) < 4.78 is 28.0. The first-order valence-electron chi connectivity index (χ1n) is 8.97. The van der Waals surface area contributed by atoms with Crippen molar-refractivity contribution in [2.45, 2.75) is 43.5 Å². The van der Waals surface area contributed by atoms with E-state index in [2.05, 4.69) is 6.07 Å². The van der Waals surface area contributed by atoms with Crippen LogP contribution in [0.25, 0.3) is 0 Å². The number of benzene rings is 2. The Hall–Kier alpha value is -2.78. The van der Waals surface area contributed by atoms with E-state index in [1.165, 1.54) is 4.31 Å². The number of nitrogens with zero attached hydrogens (tertiary/aromatic N) is 2. The second-order valence-corrected chi connectivity index (χ2v) is 8.58. The fourth-order valence-electron chi connectivity index (χ4n) is 3.67. The van der Waals surface area contributed by atoms with Crippen molar-refractivity contribution in [2.75, 3.05) is 0 Å². The van der Waals surface area contributed by atoms with Crippen LogP contribution in [0.1, 0.15) is 36.8 Å². The Morgan fingerprint density at radius 3 is 2.30 bits per heavy atom. The quantitative estimate of drug-likeness (QED) is 0.856. The van der Waals surface area contributed by atoms with Crippen molar-refractivity contribution in [1.82, 2.24) is 4.31 Å². The lowest BCUT2D eigenvalue weighted by atomic mass is 9.86. The van der Waals surface area contributed by atoms with Gasteiger partial charge in [0.15, 0.2) is 0 Å². The Morgan fingerprint density at radius 2 is 1.74 bits per heavy atom. The maximum Gasteiger partial charge on any atom is 0.265 e. The smallest absolute Gasteiger partial charge is 0.265 e. The first-order valence-corrected chi connectivity index (χ1v) is 10.4. The highest BCUT2D eigenvalue weighted by Crippen LogP contribution is 2.43. The van der Waals surface area contributed by atoms with Gasteiger partial charge in [0.1, 0.15) is 5.82 Å². The molecule has 140 valence electrons. The zero-order valence-corrected chi connectivity index (χ0v) is 16.3. The van der Waals surface area contributed by atoms with Crippen LogP contribution in [0.5, 0.6) is 0 Å². The molecule has 2 N–H and O–H groups in total. The largest absolute Gasteiger partial charge is 0.384 e. The fourth-order valence-corrected chi connectivity index (χ4v) is 5.32. The van der Waals surface area contributed by atoms with Crippen molar-refractivity contribution in [2.24, 2.45) is 5.73 Å². The number of hydrogen-bond acceptors (Lipinski definition) is 4. The standard InChI is InChI=1S/C21H23N3O2S/c1-3-7-19-20(16-8-5-4-6-9-16)18(14-22)21(23)24(19)27(25,26)17-12-10-15(2)11-13-17/h4-6,8-13,19-20H,3,7,23H2,1-2H3/t19-,20-/m0/s1. The highest BCUT2D eigenvalue weighted by molar-refractivity contribution is 7.89. The van der Waals surface area contributed by atoms with Gasteiger partial charge in [-0.3, -0.25) is 0 Å². The van der Waals surface area contributed by atoms with Crippen LogP contribution in [0, 0.1) is 18.3 Å². The molecule has 0 radical (unpaired) electrons. The van der Waals surface area contributed by atoms with Crippen LogP contribution in [0.2, 0.25) is 0 Å². The molecule has 1 aliphatic heterocycles. The van der Waals surface area contributed by atoms with Crippen LogP contribution in [-0.4, -0.2) is 18.8 Å². The third-order valence-electron chi connectivity index (χ3n) is 4.95. The first kappa shape index (κ1) is 19.0. The summed E-state index contributed by atoms with van der Waals surface area (Å²) in [4.78, 5) is 0.183. The van der Waals surface area contributed by atoms with Gasteiger partial charge in [-0.05, 0) is 31.0 Å². The van der Waals surface area contributed by atoms with Crippen LogP contribution in [0.4, 0.5) is 0 Å². The molecule has 3 rings (SSSR count). The summed E-state index contributed by atoms with van der Waals surface area (Å²) >= 11 is 0. The van der Waals surface area contributed by atoms with Crippen molar-refractivity contribution >= 4 is 10.0 Å². The topological polar surface area (TPSA) is 87.2 Å². The lowest BCUT2D eigenvalue weighted by Crippen LogP contribution is -2.40. The summed E-state index contributed by atoms with van der Waals surface area (Å²) in [6.45, 7) is 3.90. The zero-order chi connectivity index (χ0) is 19.6. The lowest BCUT2D eigenvalue weighted by molar-refractivity contribution is 0.358. The van der Waals surface area contributed by atoms with E-state index in [1.54, 1.807) is 24.3 Å². The number of sulfonamides is 1. The van der Waals surface area contributed by atoms with Crippen molar-refractivity contribution in [3.8, 4) is 6.07 Å². The van der Waals surface area contributed by atoms with Crippen molar-refractivity contribution in [3.05, 3.63) is 77.1 Å². The van der Waals surface area contributed by atoms with Crippen LogP contribution in [-0.2, 0) is 10.0 Å². The Bertz CT molecular complexity index is 990. The minimum Gasteiger partial charge on any atom is -0.384 e. The van der Waals surface area contributed by atoms with E-state index < -0.39 is 16.1 Å². The highest BCUT2D eigenvalue weighted by Gasteiger charge is 2.46. The van der Waals surface area contributed by atoms with Gasteiger partial charge in [0.05, 0.1) is 22.6 Å². The van der Waals surface area contributed by atoms with Crippen LogP contribution in [0.15, 0.2) is 70.9 Å². The molecule has 0 aromatic heterocycles. The number of rotatable bonds is 5. The van der Waals surface area contributed by atoms with E-state index in [-0.39, 0.29) is 16.6 Å². The zero-order valence-electron chi connectivity index (χ0n) is 15.5. The molecule has 5 nitrogen and oxygen atoms in total. The van der Waals surface area contributed by atoms with Crippen molar-refractivity contribution in [1.29, 1.82) is 5.26 Å². The van der Waals surface area contributed by atoms with E-state index in [9.17, 15) is 13.7 Å². The summed E-state index contributed by atoms with van der Waals surface area (Å²) in [6, 6.07) is 17.9. The van der Waals surface area contributed by atoms with Gasteiger partial charge < -0.3 is 5.73 Å². The van der Waals surface area contributed by atoms with E-state index >= 15 is 0 Å². The molecule has 0 amide bonds. The number of nitrogens with two attached hydrogens (primary N) is 1. The number of hydrogen-bond donors (Lipinski definition) is 1. The highest BCUT2D eigenvalue weighted by atomic mass is 32.2. The van der Waals surface area contributed by atoms with Crippen LogP contribution in [0.3, 0.4) is 0 Å². The van der Waals surface area contributed by atoms with Gasteiger partial charge in [0.2, 0.25) is 0 Å². The molecule has 0 spiro atoms. The molecule has 0 saturated heterocycles. The SMILES string of the molecule is CCC[C@H]1[C@@H](c2ccccc2)C(C#N)=C(N)N1S(=O)(=O)c1ccc(C)cc1. The third-order valence-corrected chi connectivity index (χ3v) is 6.81.